The predicted molar refractivity (Wildman–Crippen MR) is 128 cm³/mol. The molecular formula is C26H24FN3O4S. The topological polar surface area (TPSA) is 85.4 Å². The molecule has 7 nitrogen and oxygen atoms in total. The maximum absolute atomic E-state index is 13.4. The van der Waals surface area contributed by atoms with Crippen LogP contribution in [0.3, 0.4) is 0 Å². The number of amides is 1. The number of halogens is 1. The highest BCUT2D eigenvalue weighted by atomic mass is 32.2. The van der Waals surface area contributed by atoms with E-state index in [2.05, 4.69) is 11.6 Å². The highest BCUT2D eigenvalue weighted by Gasteiger charge is 2.26. The first-order chi connectivity index (χ1) is 16.9. The van der Waals surface area contributed by atoms with Gasteiger partial charge >= 0.3 is 0 Å². The second kappa shape index (κ2) is 10.5. The Hall–Kier alpha value is -3.98. The zero-order valence-corrected chi connectivity index (χ0v) is 19.7. The first kappa shape index (κ1) is 24.2. The molecule has 0 spiro atoms. The van der Waals surface area contributed by atoms with E-state index in [0.29, 0.717) is 22.6 Å². The summed E-state index contributed by atoms with van der Waals surface area (Å²) in [6, 6.07) is 17.6. The monoisotopic (exact) mass is 493 g/mol. The van der Waals surface area contributed by atoms with Crippen LogP contribution in [0.1, 0.15) is 27.4 Å². The van der Waals surface area contributed by atoms with Crippen molar-refractivity contribution in [3.8, 4) is 0 Å². The fraction of sp³-hybridized carbons (Fsp3) is 0.154. The SMILES string of the molecule is C=CCn1c(CN(Cc2ccco2)C(=O)c2ccc(F)cc2)cnc1S(=O)(=O)Cc1ccccc1. The Kier molecular flexibility index (Phi) is 7.26. The van der Waals surface area contributed by atoms with Crippen molar-refractivity contribution in [3.63, 3.8) is 0 Å². The van der Waals surface area contributed by atoms with Crippen LogP contribution in [0.15, 0.2) is 101 Å². The Morgan fingerprint density at radius 2 is 1.80 bits per heavy atom. The molecule has 0 aliphatic heterocycles. The van der Waals surface area contributed by atoms with E-state index in [1.165, 1.54) is 41.6 Å². The fourth-order valence-corrected chi connectivity index (χ4v) is 5.21. The third-order valence-electron chi connectivity index (χ3n) is 5.35. The van der Waals surface area contributed by atoms with Crippen molar-refractivity contribution >= 4 is 15.7 Å². The minimum atomic E-state index is -3.77. The number of furan rings is 1. The van der Waals surface area contributed by atoms with Crippen LogP contribution in [0, 0.1) is 5.82 Å². The third kappa shape index (κ3) is 5.75. The maximum atomic E-state index is 13.4. The van der Waals surface area contributed by atoms with E-state index in [4.69, 9.17) is 4.42 Å². The molecule has 9 heteroatoms. The lowest BCUT2D eigenvalue weighted by Gasteiger charge is -2.23. The number of rotatable bonds is 10. The van der Waals surface area contributed by atoms with Crippen molar-refractivity contribution in [2.75, 3.05) is 0 Å². The molecule has 4 aromatic rings. The van der Waals surface area contributed by atoms with Crippen molar-refractivity contribution in [2.45, 2.75) is 30.5 Å². The van der Waals surface area contributed by atoms with Crippen LogP contribution in [-0.4, -0.2) is 28.8 Å². The van der Waals surface area contributed by atoms with E-state index in [9.17, 15) is 17.6 Å². The molecule has 0 N–H and O–H groups in total. The average molecular weight is 494 g/mol. The minimum absolute atomic E-state index is 0.0542. The Morgan fingerprint density at radius 1 is 1.06 bits per heavy atom. The lowest BCUT2D eigenvalue weighted by atomic mass is 10.2. The van der Waals surface area contributed by atoms with E-state index in [1.54, 1.807) is 47.0 Å². The van der Waals surface area contributed by atoms with Gasteiger partial charge in [0.05, 0.1) is 37.0 Å². The van der Waals surface area contributed by atoms with E-state index in [-0.39, 0.29) is 36.5 Å². The Bertz CT molecular complexity index is 1400. The molecule has 2 heterocycles. The summed E-state index contributed by atoms with van der Waals surface area (Å²) in [7, 11) is -3.77. The molecule has 0 radical (unpaired) electrons. The summed E-state index contributed by atoms with van der Waals surface area (Å²) < 4.78 is 46.7. The summed E-state index contributed by atoms with van der Waals surface area (Å²) in [5, 5.41) is -0.0940. The van der Waals surface area contributed by atoms with Crippen LogP contribution in [0.5, 0.6) is 0 Å². The molecule has 0 aliphatic rings. The predicted octanol–water partition coefficient (Wildman–Crippen LogP) is 4.62. The number of hydrogen-bond acceptors (Lipinski definition) is 5. The normalized spacial score (nSPS) is 11.3. The first-order valence-corrected chi connectivity index (χ1v) is 12.5. The van der Waals surface area contributed by atoms with Gasteiger partial charge in [-0.25, -0.2) is 17.8 Å². The van der Waals surface area contributed by atoms with Gasteiger partial charge in [-0.05, 0) is 42.0 Å². The standard InChI is InChI=1S/C26H24FN3O4S/c1-2-14-30-23(16-28-26(30)35(32,33)19-20-7-4-3-5-8-20)17-29(18-24-9-6-15-34-24)25(31)21-10-12-22(27)13-11-21/h2-13,15-16H,1,14,17-19H2. The summed E-state index contributed by atoms with van der Waals surface area (Å²) in [4.78, 5) is 19.0. The van der Waals surface area contributed by atoms with Crippen LogP contribution >= 0.6 is 0 Å². The number of nitrogens with zero attached hydrogens (tertiary/aromatic N) is 3. The van der Waals surface area contributed by atoms with Gasteiger partial charge in [0.25, 0.3) is 5.91 Å². The van der Waals surface area contributed by atoms with Gasteiger partial charge in [-0.15, -0.1) is 6.58 Å². The van der Waals surface area contributed by atoms with Gasteiger partial charge in [0, 0.05) is 12.1 Å². The molecule has 0 fully saturated rings. The molecule has 35 heavy (non-hydrogen) atoms. The number of aromatic nitrogens is 2. The van der Waals surface area contributed by atoms with Gasteiger partial charge in [-0.3, -0.25) is 4.79 Å². The first-order valence-electron chi connectivity index (χ1n) is 10.9. The molecule has 0 unspecified atom stereocenters. The van der Waals surface area contributed by atoms with Crippen molar-refractivity contribution in [2.24, 2.45) is 0 Å². The molecule has 2 aromatic heterocycles. The van der Waals surface area contributed by atoms with Crippen molar-refractivity contribution in [1.29, 1.82) is 0 Å². The van der Waals surface area contributed by atoms with Gasteiger partial charge in [-0.1, -0.05) is 36.4 Å². The quantitative estimate of drug-likeness (QED) is 0.301. The zero-order valence-electron chi connectivity index (χ0n) is 18.9. The van der Waals surface area contributed by atoms with Gasteiger partial charge in [-0.2, -0.15) is 0 Å². The van der Waals surface area contributed by atoms with E-state index in [1.807, 2.05) is 6.07 Å². The molecule has 180 valence electrons. The smallest absolute Gasteiger partial charge is 0.254 e. The molecule has 0 aliphatic carbocycles. The Morgan fingerprint density at radius 3 is 2.46 bits per heavy atom. The average Bonchev–Trinajstić information content (AvgIpc) is 3.50. The highest BCUT2D eigenvalue weighted by molar-refractivity contribution is 7.90. The van der Waals surface area contributed by atoms with Crippen LogP contribution < -0.4 is 0 Å². The van der Waals surface area contributed by atoms with Gasteiger partial charge in [0.15, 0.2) is 0 Å². The van der Waals surface area contributed by atoms with Gasteiger partial charge < -0.3 is 13.9 Å². The van der Waals surface area contributed by atoms with Crippen LogP contribution in [0.25, 0.3) is 0 Å². The fourth-order valence-electron chi connectivity index (χ4n) is 3.71. The van der Waals surface area contributed by atoms with Crippen molar-refractivity contribution in [3.05, 3.63) is 120 Å². The number of sulfone groups is 1. The third-order valence-corrected chi connectivity index (χ3v) is 6.94. The largest absolute Gasteiger partial charge is 0.467 e. The summed E-state index contributed by atoms with van der Waals surface area (Å²) in [6.45, 7) is 4.12. The molecule has 0 atom stereocenters. The number of imidazole rings is 1. The van der Waals surface area contributed by atoms with Crippen molar-refractivity contribution in [1.82, 2.24) is 14.5 Å². The molecular weight excluding hydrogens is 469 g/mol. The molecule has 1 amide bonds. The van der Waals surface area contributed by atoms with E-state index >= 15 is 0 Å². The van der Waals surface area contributed by atoms with Crippen molar-refractivity contribution < 1.29 is 22.0 Å². The van der Waals surface area contributed by atoms with Gasteiger partial charge in [0.2, 0.25) is 15.0 Å². The summed E-state index contributed by atoms with van der Waals surface area (Å²) in [6.07, 6.45) is 4.53. The number of hydrogen-bond donors (Lipinski definition) is 0. The van der Waals surface area contributed by atoms with Crippen LogP contribution in [-0.2, 0) is 35.2 Å². The van der Waals surface area contributed by atoms with E-state index in [0.717, 1.165) is 0 Å². The minimum Gasteiger partial charge on any atom is -0.467 e. The van der Waals surface area contributed by atoms with Crippen LogP contribution in [0.2, 0.25) is 0 Å². The second-order valence-corrected chi connectivity index (χ2v) is 9.81. The number of carbonyl (C=O) groups is 1. The lowest BCUT2D eigenvalue weighted by molar-refractivity contribution is 0.0713. The zero-order chi connectivity index (χ0) is 24.8. The summed E-state index contributed by atoms with van der Waals surface area (Å²) >= 11 is 0. The highest BCUT2D eigenvalue weighted by Crippen LogP contribution is 2.21. The van der Waals surface area contributed by atoms with E-state index < -0.39 is 15.7 Å². The summed E-state index contributed by atoms with van der Waals surface area (Å²) in [5.41, 5.74) is 1.45. The summed E-state index contributed by atoms with van der Waals surface area (Å²) in [5.74, 6) is -0.462. The molecule has 0 bridgehead atoms. The Balaban J connectivity index is 1.67. The molecule has 2 aromatic carbocycles. The Labute approximate surface area is 203 Å². The number of allylic oxidation sites excluding steroid dienone is 1. The lowest BCUT2D eigenvalue weighted by Crippen LogP contribution is -2.31. The molecule has 0 saturated heterocycles. The molecule has 4 rings (SSSR count). The molecule has 0 saturated carbocycles. The number of benzene rings is 2. The van der Waals surface area contributed by atoms with Crippen LogP contribution in [0.4, 0.5) is 4.39 Å². The maximum Gasteiger partial charge on any atom is 0.254 e. The van der Waals surface area contributed by atoms with Gasteiger partial charge in [0.1, 0.15) is 11.6 Å². The second-order valence-electron chi connectivity index (χ2n) is 7.92. The number of carbonyl (C=O) groups excluding carboxylic acids is 1.